The van der Waals surface area contributed by atoms with Gasteiger partial charge < -0.3 is 20.3 Å². The summed E-state index contributed by atoms with van der Waals surface area (Å²) in [4.78, 5) is 0. The van der Waals surface area contributed by atoms with Crippen molar-refractivity contribution in [3.05, 3.63) is 100 Å². The van der Waals surface area contributed by atoms with Gasteiger partial charge >= 0.3 is 0 Å². The topological polar surface area (TPSA) is 112 Å². The van der Waals surface area contributed by atoms with E-state index in [1.54, 1.807) is 24.3 Å². The van der Waals surface area contributed by atoms with E-state index in [0.717, 1.165) is 11.1 Å². The highest BCUT2D eigenvalue weighted by Gasteiger charge is 2.32. The van der Waals surface area contributed by atoms with E-state index in [1.807, 2.05) is 36.4 Å². The van der Waals surface area contributed by atoms with Gasteiger partial charge in [0.25, 0.3) is 0 Å². The van der Waals surface area contributed by atoms with Gasteiger partial charge in [-0.2, -0.15) is 10.5 Å². The first-order chi connectivity index (χ1) is 14.6. The Balaban J connectivity index is 1.76. The second-order valence-electron chi connectivity index (χ2n) is 6.74. The molecule has 0 aliphatic carbocycles. The Hall–Kier alpha value is -4.42. The fourth-order valence-electron chi connectivity index (χ4n) is 3.53. The zero-order valence-electron chi connectivity index (χ0n) is 15.9. The van der Waals surface area contributed by atoms with E-state index in [9.17, 15) is 15.6 Å². The molecule has 146 valence electrons. The number of para-hydroxylation sites is 1. The number of hydrogen-bond donors (Lipinski definition) is 2. The maximum absolute atomic E-state index is 9.82. The quantitative estimate of drug-likeness (QED) is 0.689. The number of phenolic OH excluding ortho intramolecular Hbond substituents is 1. The fourth-order valence-corrected chi connectivity index (χ4v) is 3.53. The van der Waals surface area contributed by atoms with Crippen molar-refractivity contribution in [1.82, 2.24) is 0 Å². The monoisotopic (exact) mass is 395 g/mol. The maximum atomic E-state index is 9.82. The van der Waals surface area contributed by atoms with E-state index in [1.165, 1.54) is 6.07 Å². The molecule has 0 amide bonds. The number of hydrogen-bond acceptors (Lipinski definition) is 6. The lowest BCUT2D eigenvalue weighted by molar-refractivity contribution is 0.301. The highest BCUT2D eigenvalue weighted by atomic mass is 16.5. The number of aromatic hydroxyl groups is 1. The van der Waals surface area contributed by atoms with Crippen LogP contribution in [0.25, 0.3) is 0 Å². The largest absolute Gasteiger partial charge is 0.508 e. The molecule has 0 saturated carbocycles. The van der Waals surface area contributed by atoms with Gasteiger partial charge in [-0.05, 0) is 18.2 Å². The molecule has 0 fully saturated rings. The summed E-state index contributed by atoms with van der Waals surface area (Å²) in [7, 11) is 0. The average Bonchev–Trinajstić information content (AvgIpc) is 2.77. The molecule has 0 radical (unpaired) electrons. The molecule has 3 aromatic rings. The van der Waals surface area contributed by atoms with E-state index in [4.69, 9.17) is 15.2 Å². The third kappa shape index (κ3) is 3.39. The predicted molar refractivity (Wildman–Crippen MR) is 109 cm³/mol. The van der Waals surface area contributed by atoms with Crippen LogP contribution in [0.15, 0.2) is 78.2 Å². The first kappa shape index (κ1) is 18.9. The molecular weight excluding hydrogens is 378 g/mol. The number of nitrogens with two attached hydrogens (primary N) is 1. The van der Waals surface area contributed by atoms with Crippen LogP contribution in [0.5, 0.6) is 17.2 Å². The standard InChI is InChI=1S/C24H17N3O3/c25-12-15-5-1-2-6-16(15)14-29-21-8-4-3-7-18(21)23-19-10-9-17(28)11-22(19)30-24(27)20(23)13-26/h1-11,23,28H,14,27H2/t23-/m0/s1. The van der Waals surface area contributed by atoms with Crippen molar-refractivity contribution < 1.29 is 14.6 Å². The van der Waals surface area contributed by atoms with Crippen molar-refractivity contribution in [3.63, 3.8) is 0 Å². The molecule has 6 heteroatoms. The van der Waals surface area contributed by atoms with Gasteiger partial charge in [0.05, 0.1) is 17.6 Å². The van der Waals surface area contributed by atoms with Crippen molar-refractivity contribution in [2.75, 3.05) is 0 Å². The van der Waals surface area contributed by atoms with Crippen LogP contribution in [-0.4, -0.2) is 5.11 Å². The predicted octanol–water partition coefficient (Wildman–Crippen LogP) is 4.06. The fraction of sp³-hybridized carbons (Fsp3) is 0.0833. The molecule has 1 aliphatic heterocycles. The second-order valence-corrected chi connectivity index (χ2v) is 6.74. The van der Waals surface area contributed by atoms with Crippen molar-refractivity contribution in [3.8, 4) is 29.4 Å². The zero-order valence-corrected chi connectivity index (χ0v) is 15.9. The van der Waals surface area contributed by atoms with Crippen LogP contribution >= 0.6 is 0 Å². The smallest absolute Gasteiger partial charge is 0.205 e. The minimum Gasteiger partial charge on any atom is -0.508 e. The zero-order chi connectivity index (χ0) is 21.1. The Bertz CT molecular complexity index is 1230. The summed E-state index contributed by atoms with van der Waals surface area (Å²) < 4.78 is 11.6. The van der Waals surface area contributed by atoms with Crippen molar-refractivity contribution in [1.29, 1.82) is 10.5 Å². The first-order valence-electron chi connectivity index (χ1n) is 9.22. The van der Waals surface area contributed by atoms with E-state index in [-0.39, 0.29) is 23.8 Å². The Morgan fingerprint density at radius 1 is 0.967 bits per heavy atom. The minimum atomic E-state index is -0.512. The maximum Gasteiger partial charge on any atom is 0.205 e. The average molecular weight is 395 g/mol. The number of phenols is 1. The summed E-state index contributed by atoms with van der Waals surface area (Å²) in [5.74, 6) is 0.475. The Morgan fingerprint density at radius 2 is 1.73 bits per heavy atom. The summed E-state index contributed by atoms with van der Waals surface area (Å²) in [6.45, 7) is 0.202. The number of nitriles is 2. The van der Waals surface area contributed by atoms with E-state index in [2.05, 4.69) is 12.1 Å². The number of fused-ring (bicyclic) bond motifs is 1. The van der Waals surface area contributed by atoms with Gasteiger partial charge in [-0.25, -0.2) is 0 Å². The van der Waals surface area contributed by atoms with Crippen LogP contribution < -0.4 is 15.2 Å². The van der Waals surface area contributed by atoms with Crippen LogP contribution in [0.3, 0.4) is 0 Å². The van der Waals surface area contributed by atoms with Gasteiger partial charge in [0.1, 0.15) is 35.5 Å². The van der Waals surface area contributed by atoms with E-state index >= 15 is 0 Å². The van der Waals surface area contributed by atoms with Gasteiger partial charge in [-0.1, -0.05) is 42.5 Å². The summed E-state index contributed by atoms with van der Waals surface area (Å²) in [5, 5.41) is 28.9. The van der Waals surface area contributed by atoms with Crippen LogP contribution in [0.4, 0.5) is 0 Å². The minimum absolute atomic E-state index is 0.00905. The summed E-state index contributed by atoms with van der Waals surface area (Å²) in [5.41, 5.74) is 9.03. The molecule has 1 heterocycles. The van der Waals surface area contributed by atoms with Gasteiger partial charge in [-0.15, -0.1) is 0 Å². The van der Waals surface area contributed by atoms with Crippen LogP contribution in [0.2, 0.25) is 0 Å². The number of ether oxygens (including phenoxy) is 2. The molecule has 6 nitrogen and oxygen atoms in total. The summed E-state index contributed by atoms with van der Waals surface area (Å²) in [6.07, 6.45) is 0. The summed E-state index contributed by atoms with van der Waals surface area (Å²) in [6, 6.07) is 23.6. The lowest BCUT2D eigenvalue weighted by Gasteiger charge is -2.27. The van der Waals surface area contributed by atoms with Crippen molar-refractivity contribution in [2.45, 2.75) is 12.5 Å². The molecule has 1 aliphatic rings. The van der Waals surface area contributed by atoms with Gasteiger partial charge in [0.2, 0.25) is 5.88 Å². The SMILES string of the molecule is N#CC1=C(N)Oc2cc(O)ccc2[C@@H]1c1ccccc1OCc1ccccc1C#N. The number of benzene rings is 3. The molecule has 0 aromatic heterocycles. The van der Waals surface area contributed by atoms with E-state index < -0.39 is 5.92 Å². The molecular formula is C24H17N3O3. The van der Waals surface area contributed by atoms with E-state index in [0.29, 0.717) is 22.6 Å². The normalized spacial score (nSPS) is 14.8. The number of rotatable bonds is 4. The molecule has 30 heavy (non-hydrogen) atoms. The highest BCUT2D eigenvalue weighted by Crippen LogP contribution is 2.45. The number of nitrogens with zero attached hydrogens (tertiary/aromatic N) is 2. The van der Waals surface area contributed by atoms with Gasteiger partial charge in [0, 0.05) is 22.8 Å². The van der Waals surface area contributed by atoms with Gasteiger partial charge in [0.15, 0.2) is 0 Å². The molecule has 0 bridgehead atoms. The molecule has 4 rings (SSSR count). The Kier molecular flexibility index (Phi) is 4.99. The van der Waals surface area contributed by atoms with Crippen molar-refractivity contribution in [2.24, 2.45) is 5.73 Å². The van der Waals surface area contributed by atoms with Crippen LogP contribution in [0.1, 0.15) is 28.2 Å². The van der Waals surface area contributed by atoms with Crippen LogP contribution in [-0.2, 0) is 6.61 Å². The molecule has 0 unspecified atom stereocenters. The molecule has 3 aromatic carbocycles. The first-order valence-corrected chi connectivity index (χ1v) is 9.22. The number of allylic oxidation sites excluding steroid dienone is 1. The third-order valence-electron chi connectivity index (χ3n) is 4.95. The molecule has 0 spiro atoms. The van der Waals surface area contributed by atoms with Crippen LogP contribution in [0, 0.1) is 22.7 Å². The molecule has 0 saturated heterocycles. The van der Waals surface area contributed by atoms with Gasteiger partial charge in [-0.3, -0.25) is 0 Å². The van der Waals surface area contributed by atoms with Crippen molar-refractivity contribution >= 4 is 0 Å². The molecule has 3 N–H and O–H groups in total. The lowest BCUT2D eigenvalue weighted by atomic mass is 9.83. The lowest BCUT2D eigenvalue weighted by Crippen LogP contribution is -2.21. The Morgan fingerprint density at radius 3 is 2.53 bits per heavy atom. The Labute approximate surface area is 173 Å². The summed E-state index contributed by atoms with van der Waals surface area (Å²) >= 11 is 0. The third-order valence-corrected chi connectivity index (χ3v) is 4.95. The molecule has 1 atom stereocenters. The second kappa shape index (κ2) is 7.90. The highest BCUT2D eigenvalue weighted by molar-refractivity contribution is 5.59.